The molecule has 44 valence electrons. The van der Waals surface area contributed by atoms with Gasteiger partial charge in [0.1, 0.15) is 0 Å². The summed E-state index contributed by atoms with van der Waals surface area (Å²) in [5, 5.41) is 0. The average Bonchev–Trinajstić information content (AvgIpc) is 1.00. The van der Waals surface area contributed by atoms with Crippen molar-refractivity contribution in [2.24, 2.45) is 0 Å². The van der Waals surface area contributed by atoms with Crippen LogP contribution in [0.2, 0.25) is 0 Å². The molecule has 0 atom stereocenters. The molecule has 0 aromatic carbocycles. The zero-order valence-electron chi connectivity index (χ0n) is 2.54. The zero-order valence-corrected chi connectivity index (χ0v) is 11.1. The van der Waals surface area contributed by atoms with E-state index in [4.69, 9.17) is 2.81 Å². The van der Waals surface area contributed by atoms with Gasteiger partial charge in [-0.1, -0.05) is 0 Å². The van der Waals surface area contributed by atoms with Gasteiger partial charge in [0.25, 0.3) is 0 Å². The van der Waals surface area contributed by atoms with Crippen molar-refractivity contribution in [2.75, 3.05) is 0 Å². The van der Waals surface area contributed by atoms with Crippen LogP contribution < -0.4 is 0 Å². The molecule has 7 heavy (non-hydrogen) atoms. The molecule has 0 bridgehead atoms. The molecule has 0 fully saturated rings. The molecule has 0 spiro atoms. The van der Waals surface area contributed by atoms with Crippen LogP contribution in [0.5, 0.6) is 0 Å². The van der Waals surface area contributed by atoms with Crippen molar-refractivity contribution in [3.05, 3.63) is 0 Å². The van der Waals surface area contributed by atoms with Gasteiger partial charge in [-0.05, 0) is 0 Å². The molecule has 0 N–H and O–H groups in total. The number of hydrogen-bond acceptors (Lipinski definition) is 1. The van der Waals surface area contributed by atoms with Crippen LogP contribution in [0.4, 0.5) is 0 Å². The third kappa shape index (κ3) is 40.9. The van der Waals surface area contributed by atoms with E-state index in [-0.39, 0.29) is 101 Å². The summed E-state index contributed by atoms with van der Waals surface area (Å²) in [5.74, 6) is 0. The quantitative estimate of drug-likeness (QED) is 0.465. The fourth-order valence-electron chi connectivity index (χ4n) is 0. The molecule has 0 rings (SSSR count). The average molecular weight is 396 g/mol. The summed E-state index contributed by atoms with van der Waals surface area (Å²) in [4.78, 5) is 0. The smallest absolute Gasteiger partial charge is 0 e. The molecule has 0 aliphatic heterocycles. The fourth-order valence-corrected chi connectivity index (χ4v) is 0. The molecule has 0 aliphatic rings. The third-order valence-electron chi connectivity index (χ3n) is 0. The molecule has 0 aromatic rings. The van der Waals surface area contributed by atoms with Crippen molar-refractivity contribution in [3.63, 3.8) is 0 Å². The van der Waals surface area contributed by atoms with Gasteiger partial charge in [-0.2, -0.15) is 0 Å². The molecule has 0 saturated carbocycles. The minimum absolute atomic E-state index is 0. The topological polar surface area (TPSA) is 17.1 Å². The Kier molecular flexibility index (Phi) is 333. The van der Waals surface area contributed by atoms with Gasteiger partial charge in [0, 0.05) is 83.3 Å². The summed E-state index contributed by atoms with van der Waals surface area (Å²) in [6.07, 6.45) is 0. The van der Waals surface area contributed by atoms with E-state index >= 15 is 0 Å². The van der Waals surface area contributed by atoms with Crippen LogP contribution >= 0.6 is 0 Å². The summed E-state index contributed by atoms with van der Waals surface area (Å²) >= 11 is 0.300. The van der Waals surface area contributed by atoms with Crippen LogP contribution in [0, 0.1) is 0 Å². The summed E-state index contributed by atoms with van der Waals surface area (Å²) < 4.78 is 8.34. The first-order chi connectivity index (χ1) is 1.00. The number of hydrogen-bond donors (Lipinski definition) is 0. The van der Waals surface area contributed by atoms with E-state index < -0.39 is 0 Å². The molecule has 0 aromatic heterocycles. The molecule has 1 nitrogen and oxygen atoms in total. The van der Waals surface area contributed by atoms with Crippen LogP contribution in [0.1, 0.15) is 0 Å². The van der Waals surface area contributed by atoms with Gasteiger partial charge in [0.15, 0.2) is 17.4 Å². The van der Waals surface area contributed by atoms with Gasteiger partial charge >= 0.3 is 27.5 Å². The minimum atomic E-state index is 0. The first-order valence-electron chi connectivity index (χ1n) is 0.204. The monoisotopic (exact) mass is 394 g/mol. The van der Waals surface area contributed by atoms with Gasteiger partial charge in [0.2, 0.25) is 0 Å². The second kappa shape index (κ2) is 52.0. The molecule has 7 heteroatoms. The van der Waals surface area contributed by atoms with Crippen molar-refractivity contribution in [1.82, 2.24) is 0 Å². The Balaban J connectivity index is -0.000000000500. The second-order valence-corrected chi connectivity index (χ2v) is 0. The van der Waals surface area contributed by atoms with Crippen LogP contribution in [0.25, 0.3) is 0 Å². The molecule has 0 unspecified atom stereocenters. The molecular weight excluding hydrogens is 393 g/mol. The van der Waals surface area contributed by atoms with Crippen molar-refractivity contribution in [3.8, 4) is 0 Å². The first-order valence-corrected chi connectivity index (χ1v) is 1.21. The summed E-state index contributed by atoms with van der Waals surface area (Å²) in [5.41, 5.74) is 0. The van der Waals surface area contributed by atoms with E-state index in [9.17, 15) is 0 Å². The predicted molar refractivity (Wildman–Crippen MR) is 10.6 cm³/mol. The standard InChI is InChI=1S/Al.Co.Cr.Ni.O.Y.Zr.3H. The van der Waals surface area contributed by atoms with Crippen LogP contribution in [-0.4, -0.2) is 17.4 Å². The van der Waals surface area contributed by atoms with E-state index in [1.807, 2.05) is 0 Å². The van der Waals surface area contributed by atoms with E-state index in [2.05, 4.69) is 0 Å². The van der Waals surface area contributed by atoms with Crippen molar-refractivity contribution in [2.45, 2.75) is 0 Å². The van der Waals surface area contributed by atoms with Gasteiger partial charge < -0.3 is 0 Å². The minimum Gasteiger partial charge on any atom is 0 e. The molecule has 0 aliphatic carbocycles. The van der Waals surface area contributed by atoms with Crippen LogP contribution in [0.3, 0.4) is 0 Å². The maximum atomic E-state index is 8.34. The van der Waals surface area contributed by atoms with Crippen molar-refractivity contribution < 1.29 is 111 Å². The third-order valence-corrected chi connectivity index (χ3v) is 0. The SMILES string of the molecule is [AlH3].[Co].[Cr].[Ni].[O]=[Zr].[Y]. The Hall–Kier alpha value is 3.85. The summed E-state index contributed by atoms with van der Waals surface area (Å²) in [7, 11) is 0. The maximum absolute atomic E-state index is 8.34. The van der Waals surface area contributed by atoms with Gasteiger partial charge in [-0.25, -0.2) is 0 Å². The maximum Gasteiger partial charge on any atom is 0 e. The largest absolute Gasteiger partial charge is 0 e. The Labute approximate surface area is 125 Å². The summed E-state index contributed by atoms with van der Waals surface area (Å²) in [6.45, 7) is 0. The first kappa shape index (κ1) is 44.7. The molecule has 0 heterocycles. The van der Waals surface area contributed by atoms with E-state index in [1.54, 1.807) is 0 Å². The van der Waals surface area contributed by atoms with E-state index in [0.717, 1.165) is 0 Å². The molecular formula is H3AlCoCrNiOYZr. The van der Waals surface area contributed by atoms with Gasteiger partial charge in [-0.3, -0.25) is 0 Å². The Morgan fingerprint density at radius 1 is 1.14 bits per heavy atom. The predicted octanol–water partition coefficient (Wildman–Crippen LogP) is -1.32. The van der Waals surface area contributed by atoms with E-state index in [1.165, 1.54) is 0 Å². The molecule has 2 radical (unpaired) electrons. The van der Waals surface area contributed by atoms with E-state index in [0.29, 0.717) is 24.7 Å². The Morgan fingerprint density at radius 3 is 1.14 bits per heavy atom. The Morgan fingerprint density at radius 2 is 1.14 bits per heavy atom. The zero-order chi connectivity index (χ0) is 2.00. The van der Waals surface area contributed by atoms with Gasteiger partial charge in [-0.15, -0.1) is 0 Å². The summed E-state index contributed by atoms with van der Waals surface area (Å²) in [6, 6.07) is 0. The fraction of sp³-hybridized carbons (Fsp3) is 0. The molecule has 0 saturated heterocycles. The van der Waals surface area contributed by atoms with Crippen LogP contribution in [0.15, 0.2) is 0 Å². The Bertz CT molecular complexity index is 19.7. The molecule has 0 amide bonds. The number of rotatable bonds is 0. The second-order valence-electron chi connectivity index (χ2n) is 0. The van der Waals surface area contributed by atoms with Crippen molar-refractivity contribution in [1.29, 1.82) is 0 Å². The van der Waals surface area contributed by atoms with Gasteiger partial charge in [0.05, 0.1) is 0 Å². The van der Waals surface area contributed by atoms with Crippen molar-refractivity contribution >= 4 is 17.4 Å². The van der Waals surface area contributed by atoms with Crippen LogP contribution in [-0.2, 0) is 111 Å². The normalized spacial score (nSPS) is 0.429.